The molecule has 0 aromatic carbocycles. The average molecular weight is 826 g/mol. The largest absolute Gasteiger partial charge is 0.338 e. The zero-order valence-corrected chi connectivity index (χ0v) is 41.0. The zero-order chi connectivity index (χ0) is 44.4. The first-order chi connectivity index (χ1) is 26.5. The van der Waals surface area contributed by atoms with Crippen molar-refractivity contribution in [2.24, 2.45) is 7.05 Å². The van der Waals surface area contributed by atoms with Crippen LogP contribution in [0.5, 0.6) is 0 Å². The summed E-state index contributed by atoms with van der Waals surface area (Å²) in [5.74, 6) is 2.03. The minimum absolute atomic E-state index is 0.0707. The molecule has 0 N–H and O–H groups in total. The van der Waals surface area contributed by atoms with Crippen LogP contribution in [0.1, 0.15) is 157 Å². The van der Waals surface area contributed by atoms with E-state index in [-0.39, 0.29) is 27.1 Å². The fraction of sp³-hybridized carbons (Fsp3) is 0.510. The highest BCUT2D eigenvalue weighted by molar-refractivity contribution is 7.10. The van der Waals surface area contributed by atoms with Gasteiger partial charge >= 0.3 is 0 Å². The van der Waals surface area contributed by atoms with Crippen molar-refractivity contribution in [1.29, 1.82) is 0 Å². The smallest absolute Gasteiger partial charge is 0.133 e. The van der Waals surface area contributed by atoms with E-state index < -0.39 is 0 Å². The molecule has 0 bridgehead atoms. The Labute approximate surface area is 361 Å². The maximum Gasteiger partial charge on any atom is 0.133 e. The molecule has 0 fully saturated rings. The first-order valence-corrected chi connectivity index (χ1v) is 21.8. The second-order valence-electron chi connectivity index (χ2n) is 20.2. The van der Waals surface area contributed by atoms with Crippen molar-refractivity contribution >= 4 is 22.7 Å². The molecule has 9 heteroatoms. The summed E-state index contributed by atoms with van der Waals surface area (Å²) in [4.78, 5) is 26.5. The molecule has 6 rings (SSSR count). The lowest BCUT2D eigenvalue weighted by Gasteiger charge is -2.17. The Kier molecular flexibility index (Phi) is 20.5. The standard InChI is InChI=1S/2C9H13N.C8H14N2.C8H12N2.C8H12S.C7H11NS/c1-9(2,3)8-5-4-6-10-7-8;1-9(2,3)8-6-4-5-7-10-8;1-8(2,3)7-9-5-6-10(7)4;1-8(2,3)7-9-5-4-6-10-7;1-8(2,3)7-5-4-6-9-7;1-7(2,3)6-8-4-5-9-6/h2*4-7H,1-3H3;5-6H,1-4H3;4-6H,1-3H3;4-6H,1-3H3;4-5H,1-3H3. The van der Waals surface area contributed by atoms with E-state index in [9.17, 15) is 0 Å². The quantitative estimate of drug-likeness (QED) is 0.152. The Bertz CT molecular complexity index is 1730. The van der Waals surface area contributed by atoms with Gasteiger partial charge in [-0.3, -0.25) is 9.97 Å². The molecule has 6 aromatic heterocycles. The minimum atomic E-state index is 0.0707. The van der Waals surface area contributed by atoms with Crippen molar-refractivity contribution in [3.63, 3.8) is 0 Å². The molecule has 6 aromatic rings. The third kappa shape index (κ3) is 21.1. The molecular weight excluding hydrogens is 751 g/mol. The predicted molar refractivity (Wildman–Crippen MR) is 252 cm³/mol. The fourth-order valence-corrected chi connectivity index (χ4v) is 6.23. The molecule has 0 saturated carbocycles. The summed E-state index contributed by atoms with van der Waals surface area (Å²) in [7, 11) is 2.02. The van der Waals surface area contributed by atoms with Gasteiger partial charge in [0.15, 0.2) is 0 Å². The third-order valence-corrected chi connectivity index (χ3v) is 10.5. The number of hydrogen-bond donors (Lipinski definition) is 0. The van der Waals surface area contributed by atoms with Gasteiger partial charge in [0.2, 0.25) is 0 Å². The Morgan fingerprint density at radius 3 is 1.33 bits per heavy atom. The van der Waals surface area contributed by atoms with Crippen molar-refractivity contribution in [2.45, 2.75) is 157 Å². The van der Waals surface area contributed by atoms with Crippen LogP contribution in [-0.2, 0) is 39.5 Å². The highest BCUT2D eigenvalue weighted by atomic mass is 32.1. The topological polar surface area (TPSA) is 82.3 Å². The minimum Gasteiger partial charge on any atom is -0.338 e. The number of hydrogen-bond acceptors (Lipinski definition) is 8. The van der Waals surface area contributed by atoms with E-state index in [1.807, 2.05) is 79.0 Å². The van der Waals surface area contributed by atoms with Crippen molar-refractivity contribution in [1.82, 2.24) is 34.5 Å². The van der Waals surface area contributed by atoms with Gasteiger partial charge in [-0.25, -0.2) is 19.9 Å². The second kappa shape index (κ2) is 22.9. The molecule has 0 aliphatic carbocycles. The van der Waals surface area contributed by atoms with E-state index in [2.05, 4.69) is 189 Å². The molecule has 58 heavy (non-hydrogen) atoms. The fourth-order valence-electron chi connectivity index (χ4n) is 4.69. The van der Waals surface area contributed by atoms with Crippen molar-refractivity contribution in [2.75, 3.05) is 0 Å². The van der Waals surface area contributed by atoms with Crippen LogP contribution in [-0.4, -0.2) is 34.5 Å². The number of imidazole rings is 1. The van der Waals surface area contributed by atoms with Gasteiger partial charge in [-0.1, -0.05) is 143 Å². The Hall–Kier alpha value is -4.08. The Balaban J connectivity index is 0.000000348. The zero-order valence-electron chi connectivity index (χ0n) is 39.3. The van der Waals surface area contributed by atoms with Crippen LogP contribution in [0.3, 0.4) is 0 Å². The number of rotatable bonds is 0. The Morgan fingerprint density at radius 2 is 1.07 bits per heavy atom. The summed E-state index contributed by atoms with van der Waals surface area (Å²) < 4.78 is 2.06. The summed E-state index contributed by atoms with van der Waals surface area (Å²) in [6.45, 7) is 39.0. The first kappa shape index (κ1) is 51.9. The van der Waals surface area contributed by atoms with E-state index in [0.29, 0.717) is 5.41 Å². The average Bonchev–Trinajstić information content (AvgIpc) is 3.94. The van der Waals surface area contributed by atoms with Crippen LogP contribution in [0.15, 0.2) is 109 Å². The maximum absolute atomic E-state index is 4.25. The molecule has 0 amide bonds. The van der Waals surface area contributed by atoms with Gasteiger partial charge in [0.05, 0.1) is 5.01 Å². The van der Waals surface area contributed by atoms with Crippen LogP contribution >= 0.6 is 22.7 Å². The monoisotopic (exact) mass is 826 g/mol. The summed E-state index contributed by atoms with van der Waals surface area (Å²) in [6, 6.07) is 16.2. The van der Waals surface area contributed by atoms with Crippen molar-refractivity contribution < 1.29 is 0 Å². The van der Waals surface area contributed by atoms with Crippen LogP contribution in [0.25, 0.3) is 0 Å². The SMILES string of the molecule is CC(C)(C)c1ccccn1.CC(C)(C)c1cccnc1.CC(C)(C)c1cccs1.CC(C)(C)c1ncccn1.CC(C)(C)c1nccs1.Cn1ccnc1C(C)(C)C. The van der Waals surface area contributed by atoms with Crippen LogP contribution in [0, 0.1) is 0 Å². The molecule has 0 unspecified atom stereocenters. The molecule has 318 valence electrons. The van der Waals surface area contributed by atoms with Gasteiger partial charge in [0.25, 0.3) is 0 Å². The van der Waals surface area contributed by atoms with Crippen LogP contribution in [0.2, 0.25) is 0 Å². The van der Waals surface area contributed by atoms with E-state index >= 15 is 0 Å². The second-order valence-corrected chi connectivity index (χ2v) is 22.0. The lowest BCUT2D eigenvalue weighted by Crippen LogP contribution is -2.16. The molecule has 0 spiro atoms. The molecule has 0 aliphatic rings. The van der Waals surface area contributed by atoms with Crippen LogP contribution < -0.4 is 0 Å². The van der Waals surface area contributed by atoms with Gasteiger partial charge < -0.3 is 4.57 Å². The predicted octanol–water partition coefficient (Wildman–Crippen LogP) is 13.7. The van der Waals surface area contributed by atoms with Crippen LogP contribution in [0.4, 0.5) is 0 Å². The highest BCUT2D eigenvalue weighted by Crippen LogP contribution is 2.26. The van der Waals surface area contributed by atoms with E-state index in [1.54, 1.807) is 29.9 Å². The van der Waals surface area contributed by atoms with Gasteiger partial charge in [0.1, 0.15) is 11.6 Å². The number of pyridine rings is 2. The normalized spacial score (nSPS) is 11.7. The van der Waals surface area contributed by atoms with E-state index in [0.717, 1.165) is 17.3 Å². The lowest BCUT2D eigenvalue weighted by molar-refractivity contribution is 0.522. The maximum atomic E-state index is 4.25. The van der Waals surface area contributed by atoms with Gasteiger partial charge in [-0.15, -0.1) is 22.7 Å². The summed E-state index contributed by atoms with van der Waals surface area (Å²) in [6.07, 6.45) is 14.8. The van der Waals surface area contributed by atoms with E-state index in [1.165, 1.54) is 15.4 Å². The van der Waals surface area contributed by atoms with Gasteiger partial charge in [-0.05, 0) is 52.1 Å². The van der Waals surface area contributed by atoms with E-state index in [4.69, 9.17) is 0 Å². The summed E-state index contributed by atoms with van der Waals surface area (Å²) in [5.41, 5.74) is 3.65. The van der Waals surface area contributed by atoms with Crippen molar-refractivity contribution in [3.05, 3.63) is 142 Å². The molecule has 6 heterocycles. The molecular formula is C49H75N7S2. The number of thiazole rings is 1. The Morgan fingerprint density at radius 1 is 0.448 bits per heavy atom. The summed E-state index contributed by atoms with van der Waals surface area (Å²) in [5, 5.41) is 5.35. The molecule has 0 radical (unpaired) electrons. The summed E-state index contributed by atoms with van der Waals surface area (Å²) >= 11 is 3.55. The van der Waals surface area contributed by atoms with Gasteiger partial charge in [0, 0.05) is 94.2 Å². The number of aryl methyl sites for hydroxylation is 1. The number of thiophene rings is 1. The number of nitrogens with zero attached hydrogens (tertiary/aromatic N) is 7. The number of aromatic nitrogens is 7. The third-order valence-electron chi connectivity index (χ3n) is 8.02. The van der Waals surface area contributed by atoms with Gasteiger partial charge in [-0.2, -0.15) is 0 Å². The first-order valence-electron chi connectivity index (χ1n) is 20.1. The molecule has 0 atom stereocenters. The molecule has 0 aliphatic heterocycles. The lowest BCUT2D eigenvalue weighted by atomic mass is 9.88. The molecule has 7 nitrogen and oxygen atoms in total. The molecule has 0 saturated heterocycles. The highest BCUT2D eigenvalue weighted by Gasteiger charge is 2.18. The van der Waals surface area contributed by atoms with Crippen molar-refractivity contribution in [3.8, 4) is 0 Å².